The average Bonchev–Trinajstić information content (AvgIpc) is 2.33. The van der Waals surface area contributed by atoms with Crippen LogP contribution in [0.5, 0.6) is 0 Å². The van der Waals surface area contributed by atoms with Crippen LogP contribution in [-0.2, 0) is 6.61 Å². The molecule has 0 aromatic heterocycles. The predicted octanol–water partition coefficient (Wildman–Crippen LogP) is 3.46. The summed E-state index contributed by atoms with van der Waals surface area (Å²) in [5.41, 5.74) is 5.89. The highest BCUT2D eigenvalue weighted by atomic mass is 16.3. The Kier molecular flexibility index (Phi) is 3.07. The Morgan fingerprint density at radius 1 is 0.875 bits per heavy atom. The third-order valence-electron chi connectivity index (χ3n) is 3.08. The predicted molar refractivity (Wildman–Crippen MR) is 67.3 cm³/mol. The molecule has 1 heteroatoms. The van der Waals surface area contributed by atoms with Gasteiger partial charge in [0.05, 0.1) is 6.61 Å². The summed E-state index contributed by atoms with van der Waals surface area (Å²) in [7, 11) is 0. The molecule has 0 bridgehead atoms. The first-order chi connectivity index (χ1) is 7.74. The molecule has 0 aliphatic heterocycles. The van der Waals surface area contributed by atoms with Gasteiger partial charge in [-0.3, -0.25) is 0 Å². The van der Waals surface area contributed by atoms with Crippen molar-refractivity contribution in [1.82, 2.24) is 0 Å². The van der Waals surface area contributed by atoms with Crippen molar-refractivity contribution in [2.24, 2.45) is 0 Å². The van der Waals surface area contributed by atoms with Crippen LogP contribution >= 0.6 is 0 Å². The van der Waals surface area contributed by atoms with Crippen LogP contribution in [0.4, 0.5) is 0 Å². The largest absolute Gasteiger partial charge is 0.392 e. The van der Waals surface area contributed by atoms with Gasteiger partial charge in [-0.15, -0.1) is 0 Å². The molecule has 2 rings (SSSR count). The van der Waals surface area contributed by atoms with Crippen LogP contribution < -0.4 is 0 Å². The zero-order valence-electron chi connectivity index (χ0n) is 9.70. The Hall–Kier alpha value is -1.60. The van der Waals surface area contributed by atoms with E-state index in [0.717, 1.165) is 11.1 Å². The summed E-state index contributed by atoms with van der Waals surface area (Å²) in [5, 5.41) is 9.34. The van der Waals surface area contributed by atoms with Gasteiger partial charge >= 0.3 is 0 Å². The van der Waals surface area contributed by atoms with Crippen molar-refractivity contribution < 1.29 is 5.11 Å². The van der Waals surface area contributed by atoms with Crippen molar-refractivity contribution in [1.29, 1.82) is 0 Å². The van der Waals surface area contributed by atoms with E-state index in [-0.39, 0.29) is 6.61 Å². The Morgan fingerprint density at radius 3 is 2.31 bits per heavy atom. The van der Waals surface area contributed by atoms with Crippen molar-refractivity contribution >= 4 is 0 Å². The van der Waals surface area contributed by atoms with Crippen LogP contribution in [0.1, 0.15) is 16.7 Å². The number of aliphatic hydroxyl groups excluding tert-OH is 1. The maximum atomic E-state index is 9.34. The van der Waals surface area contributed by atoms with E-state index in [1.165, 1.54) is 16.7 Å². The maximum absolute atomic E-state index is 9.34. The normalized spacial score (nSPS) is 10.4. The minimum absolute atomic E-state index is 0.0869. The van der Waals surface area contributed by atoms with Crippen molar-refractivity contribution in [2.75, 3.05) is 0 Å². The van der Waals surface area contributed by atoms with Gasteiger partial charge in [0.2, 0.25) is 0 Å². The molecule has 0 aliphatic carbocycles. The zero-order valence-corrected chi connectivity index (χ0v) is 9.70. The fraction of sp³-hybridized carbons (Fsp3) is 0.200. The molecule has 0 fully saturated rings. The molecular weight excluding hydrogens is 196 g/mol. The van der Waals surface area contributed by atoms with Crippen LogP contribution in [-0.4, -0.2) is 5.11 Å². The number of aryl methyl sites for hydroxylation is 1. The van der Waals surface area contributed by atoms with Gasteiger partial charge in [0.25, 0.3) is 0 Å². The van der Waals surface area contributed by atoms with E-state index in [0.29, 0.717) is 0 Å². The van der Waals surface area contributed by atoms with E-state index in [4.69, 9.17) is 0 Å². The average molecular weight is 212 g/mol. The Balaban J connectivity index is 2.63. The summed E-state index contributed by atoms with van der Waals surface area (Å²) in [6.07, 6.45) is 0. The minimum Gasteiger partial charge on any atom is -0.392 e. The standard InChI is InChI=1S/C15H16O/c1-11-6-5-9-14(12(11)2)15-8-4-3-7-13(15)10-16/h3-9,16H,10H2,1-2H3. The smallest absolute Gasteiger partial charge is 0.0687 e. The summed E-state index contributed by atoms with van der Waals surface area (Å²) in [6.45, 7) is 4.32. The summed E-state index contributed by atoms with van der Waals surface area (Å²) >= 11 is 0. The first-order valence-corrected chi connectivity index (χ1v) is 5.49. The number of benzene rings is 2. The van der Waals surface area contributed by atoms with E-state index in [1.807, 2.05) is 18.2 Å². The number of hydrogen-bond acceptors (Lipinski definition) is 1. The summed E-state index contributed by atoms with van der Waals surface area (Å²) < 4.78 is 0. The highest BCUT2D eigenvalue weighted by Crippen LogP contribution is 2.28. The van der Waals surface area contributed by atoms with Crippen molar-refractivity contribution in [3.05, 3.63) is 59.2 Å². The van der Waals surface area contributed by atoms with Gasteiger partial charge in [-0.2, -0.15) is 0 Å². The number of rotatable bonds is 2. The van der Waals surface area contributed by atoms with Crippen molar-refractivity contribution in [2.45, 2.75) is 20.5 Å². The lowest BCUT2D eigenvalue weighted by molar-refractivity contribution is 0.282. The van der Waals surface area contributed by atoms with E-state index >= 15 is 0 Å². The summed E-state index contributed by atoms with van der Waals surface area (Å²) in [4.78, 5) is 0. The third-order valence-corrected chi connectivity index (χ3v) is 3.08. The van der Waals surface area contributed by atoms with Crippen LogP contribution in [0, 0.1) is 13.8 Å². The van der Waals surface area contributed by atoms with Crippen molar-refractivity contribution in [3.8, 4) is 11.1 Å². The molecule has 82 valence electrons. The van der Waals surface area contributed by atoms with Crippen molar-refractivity contribution in [3.63, 3.8) is 0 Å². The molecule has 0 amide bonds. The number of aliphatic hydroxyl groups is 1. The molecule has 16 heavy (non-hydrogen) atoms. The minimum atomic E-state index is 0.0869. The molecule has 0 aliphatic rings. The van der Waals surface area contributed by atoms with E-state index in [1.54, 1.807) is 0 Å². The molecule has 0 radical (unpaired) electrons. The van der Waals surface area contributed by atoms with E-state index < -0.39 is 0 Å². The lowest BCUT2D eigenvalue weighted by Crippen LogP contribution is -1.92. The van der Waals surface area contributed by atoms with Gasteiger partial charge in [0.1, 0.15) is 0 Å². The fourth-order valence-corrected chi connectivity index (χ4v) is 1.96. The molecule has 2 aromatic rings. The SMILES string of the molecule is Cc1cccc(-c2ccccc2CO)c1C. The van der Waals surface area contributed by atoms with Gasteiger partial charge in [0.15, 0.2) is 0 Å². The molecule has 1 nitrogen and oxygen atoms in total. The molecule has 1 N–H and O–H groups in total. The zero-order chi connectivity index (χ0) is 11.5. The molecule has 0 saturated heterocycles. The monoisotopic (exact) mass is 212 g/mol. The second-order valence-electron chi connectivity index (χ2n) is 4.06. The first kappa shape index (κ1) is 10.9. The van der Waals surface area contributed by atoms with Crippen LogP contribution in [0.2, 0.25) is 0 Å². The molecule has 0 heterocycles. The number of hydrogen-bond donors (Lipinski definition) is 1. The molecule has 0 spiro atoms. The molecule has 0 unspecified atom stereocenters. The molecule has 2 aromatic carbocycles. The van der Waals surface area contributed by atoms with Gasteiger partial charge in [-0.25, -0.2) is 0 Å². The molecule has 0 atom stereocenters. The highest BCUT2D eigenvalue weighted by Gasteiger charge is 2.07. The second-order valence-corrected chi connectivity index (χ2v) is 4.06. The highest BCUT2D eigenvalue weighted by molar-refractivity contribution is 5.71. The van der Waals surface area contributed by atoms with Gasteiger partial charge in [0, 0.05) is 0 Å². The first-order valence-electron chi connectivity index (χ1n) is 5.49. The van der Waals surface area contributed by atoms with E-state index in [2.05, 4.69) is 38.1 Å². The van der Waals surface area contributed by atoms with Crippen LogP contribution in [0.3, 0.4) is 0 Å². The van der Waals surface area contributed by atoms with Gasteiger partial charge in [-0.1, -0.05) is 42.5 Å². The fourth-order valence-electron chi connectivity index (χ4n) is 1.96. The lowest BCUT2D eigenvalue weighted by atomic mass is 9.94. The Bertz CT molecular complexity index is 501. The van der Waals surface area contributed by atoms with Gasteiger partial charge in [-0.05, 0) is 41.7 Å². The topological polar surface area (TPSA) is 20.2 Å². The lowest BCUT2D eigenvalue weighted by Gasteiger charge is -2.12. The second kappa shape index (κ2) is 4.50. The summed E-state index contributed by atoms with van der Waals surface area (Å²) in [6, 6.07) is 14.3. The van der Waals surface area contributed by atoms with Crippen LogP contribution in [0.15, 0.2) is 42.5 Å². The Morgan fingerprint density at radius 2 is 1.56 bits per heavy atom. The maximum Gasteiger partial charge on any atom is 0.0687 e. The molecular formula is C15H16O. The third kappa shape index (κ3) is 1.86. The van der Waals surface area contributed by atoms with Gasteiger partial charge < -0.3 is 5.11 Å². The van der Waals surface area contributed by atoms with Crippen LogP contribution in [0.25, 0.3) is 11.1 Å². The Labute approximate surface area is 96.4 Å². The molecule has 0 saturated carbocycles. The quantitative estimate of drug-likeness (QED) is 0.808. The van der Waals surface area contributed by atoms with E-state index in [9.17, 15) is 5.11 Å². The summed E-state index contributed by atoms with van der Waals surface area (Å²) in [5.74, 6) is 0.